The molecule has 1 aromatic carbocycles. The number of piperazine rings is 1. The highest BCUT2D eigenvalue weighted by atomic mass is 16.6. The lowest BCUT2D eigenvalue weighted by Gasteiger charge is -2.42. The first-order chi connectivity index (χ1) is 12.0. The lowest BCUT2D eigenvalue weighted by Crippen LogP contribution is -2.56. The standard InChI is InChI=1S/C18H24N4O3/c1-12-10-20-8-2-3-15(20)11-21(12)18(23)13-4-7-16(19-14-5-6-14)17(9-13)22(24)25/h4,7,9,12,14-15,19H,2-3,5-6,8,10-11H2,1H3/t12-,15-/m1/s1. The van der Waals surface area contributed by atoms with Crippen molar-refractivity contribution in [2.45, 2.75) is 50.7 Å². The molecule has 1 amide bonds. The molecule has 2 aliphatic heterocycles. The second kappa shape index (κ2) is 6.29. The van der Waals surface area contributed by atoms with Gasteiger partial charge in [0.05, 0.1) is 4.92 Å². The Morgan fingerprint density at radius 3 is 2.80 bits per heavy atom. The molecule has 1 saturated carbocycles. The number of hydrogen-bond acceptors (Lipinski definition) is 5. The van der Waals surface area contributed by atoms with E-state index in [0.29, 0.717) is 23.3 Å². The van der Waals surface area contributed by atoms with E-state index in [1.807, 2.05) is 4.90 Å². The third kappa shape index (κ3) is 3.20. The summed E-state index contributed by atoms with van der Waals surface area (Å²) in [7, 11) is 0. The van der Waals surface area contributed by atoms with Gasteiger partial charge in [0, 0.05) is 42.8 Å². The Labute approximate surface area is 147 Å². The van der Waals surface area contributed by atoms with Crippen LogP contribution in [-0.2, 0) is 0 Å². The van der Waals surface area contributed by atoms with Crippen LogP contribution in [0.25, 0.3) is 0 Å². The number of rotatable bonds is 4. The molecular formula is C18H24N4O3. The number of nitro groups is 1. The second-order valence-electron chi connectivity index (χ2n) is 7.51. The van der Waals surface area contributed by atoms with Crippen molar-refractivity contribution in [3.05, 3.63) is 33.9 Å². The van der Waals surface area contributed by atoms with Crippen molar-refractivity contribution < 1.29 is 9.72 Å². The van der Waals surface area contributed by atoms with Gasteiger partial charge in [-0.25, -0.2) is 0 Å². The normalized spacial score (nSPS) is 26.4. The number of fused-ring (bicyclic) bond motifs is 1. The van der Waals surface area contributed by atoms with E-state index in [1.165, 1.54) is 12.5 Å². The highest BCUT2D eigenvalue weighted by molar-refractivity contribution is 5.96. The molecule has 0 radical (unpaired) electrons. The monoisotopic (exact) mass is 344 g/mol. The third-order valence-corrected chi connectivity index (χ3v) is 5.58. The molecule has 1 N–H and O–H groups in total. The average molecular weight is 344 g/mol. The van der Waals surface area contributed by atoms with E-state index in [1.54, 1.807) is 12.1 Å². The summed E-state index contributed by atoms with van der Waals surface area (Å²) >= 11 is 0. The molecule has 7 heteroatoms. The molecule has 134 valence electrons. The smallest absolute Gasteiger partial charge is 0.293 e. The highest BCUT2D eigenvalue weighted by Gasteiger charge is 2.37. The summed E-state index contributed by atoms with van der Waals surface area (Å²) in [5, 5.41) is 14.6. The summed E-state index contributed by atoms with van der Waals surface area (Å²) in [6.45, 7) is 4.78. The first kappa shape index (κ1) is 16.3. The van der Waals surface area contributed by atoms with Gasteiger partial charge in [0.15, 0.2) is 0 Å². The van der Waals surface area contributed by atoms with Crippen LogP contribution in [-0.4, -0.2) is 58.4 Å². The molecule has 2 saturated heterocycles. The summed E-state index contributed by atoms with van der Waals surface area (Å²) in [6, 6.07) is 5.72. The van der Waals surface area contributed by atoms with Crippen molar-refractivity contribution in [1.82, 2.24) is 9.80 Å². The Bertz CT molecular complexity index is 704. The van der Waals surface area contributed by atoms with Crippen LogP contribution < -0.4 is 5.32 Å². The molecule has 3 aliphatic rings. The van der Waals surface area contributed by atoms with Crippen LogP contribution in [0.5, 0.6) is 0 Å². The predicted octanol–water partition coefficient (Wildman–Crippen LogP) is 2.48. The number of carbonyl (C=O) groups is 1. The van der Waals surface area contributed by atoms with Gasteiger partial charge in [-0.2, -0.15) is 0 Å². The maximum Gasteiger partial charge on any atom is 0.293 e. The van der Waals surface area contributed by atoms with E-state index in [9.17, 15) is 14.9 Å². The molecule has 0 aromatic heterocycles. The third-order valence-electron chi connectivity index (χ3n) is 5.58. The number of nitrogens with one attached hydrogen (secondary N) is 1. The quantitative estimate of drug-likeness (QED) is 0.670. The van der Waals surface area contributed by atoms with Gasteiger partial charge < -0.3 is 10.2 Å². The maximum absolute atomic E-state index is 13.0. The van der Waals surface area contributed by atoms with Gasteiger partial charge in [-0.15, -0.1) is 0 Å². The fourth-order valence-corrected chi connectivity index (χ4v) is 4.02. The first-order valence-electron chi connectivity index (χ1n) is 9.13. The van der Waals surface area contributed by atoms with Crippen molar-refractivity contribution in [3.8, 4) is 0 Å². The Hall–Kier alpha value is -2.15. The van der Waals surface area contributed by atoms with Gasteiger partial charge in [-0.3, -0.25) is 19.8 Å². The van der Waals surface area contributed by atoms with E-state index < -0.39 is 4.92 Å². The van der Waals surface area contributed by atoms with Crippen molar-refractivity contribution in [3.63, 3.8) is 0 Å². The van der Waals surface area contributed by atoms with E-state index >= 15 is 0 Å². The van der Waals surface area contributed by atoms with Gasteiger partial charge >= 0.3 is 0 Å². The number of hydrogen-bond donors (Lipinski definition) is 1. The second-order valence-corrected chi connectivity index (χ2v) is 7.51. The van der Waals surface area contributed by atoms with Crippen molar-refractivity contribution in [1.29, 1.82) is 0 Å². The van der Waals surface area contributed by atoms with E-state index in [-0.39, 0.29) is 17.6 Å². The number of nitrogens with zero attached hydrogens (tertiary/aromatic N) is 3. The summed E-state index contributed by atoms with van der Waals surface area (Å²) in [5.41, 5.74) is 0.911. The summed E-state index contributed by atoms with van der Waals surface area (Å²) in [6.07, 6.45) is 4.40. The number of carbonyl (C=O) groups excluding carboxylic acids is 1. The molecule has 2 atom stereocenters. The van der Waals surface area contributed by atoms with Gasteiger partial charge in [-0.05, 0) is 51.3 Å². The van der Waals surface area contributed by atoms with Crippen LogP contribution in [0.3, 0.4) is 0 Å². The summed E-state index contributed by atoms with van der Waals surface area (Å²) in [4.78, 5) is 28.3. The highest BCUT2D eigenvalue weighted by Crippen LogP contribution is 2.32. The zero-order chi connectivity index (χ0) is 17.6. The van der Waals surface area contributed by atoms with Crippen molar-refractivity contribution >= 4 is 17.3 Å². The largest absolute Gasteiger partial charge is 0.377 e. The van der Waals surface area contributed by atoms with E-state index in [2.05, 4.69) is 17.1 Å². The number of amides is 1. The number of anilines is 1. The molecule has 1 aliphatic carbocycles. The molecule has 4 rings (SSSR count). The van der Waals surface area contributed by atoms with Crippen LogP contribution in [0, 0.1) is 10.1 Å². The summed E-state index contributed by atoms with van der Waals surface area (Å²) < 4.78 is 0. The molecular weight excluding hydrogens is 320 g/mol. The Morgan fingerprint density at radius 2 is 2.08 bits per heavy atom. The molecule has 7 nitrogen and oxygen atoms in total. The van der Waals surface area contributed by atoms with Crippen LogP contribution in [0.1, 0.15) is 43.0 Å². The Kier molecular flexibility index (Phi) is 4.11. The minimum atomic E-state index is -0.403. The predicted molar refractivity (Wildman–Crippen MR) is 94.8 cm³/mol. The molecule has 0 spiro atoms. The minimum Gasteiger partial charge on any atom is -0.377 e. The van der Waals surface area contributed by atoms with Crippen LogP contribution in [0.15, 0.2) is 18.2 Å². The lowest BCUT2D eigenvalue weighted by atomic mass is 10.1. The molecule has 3 fully saturated rings. The first-order valence-corrected chi connectivity index (χ1v) is 9.13. The number of nitro benzene ring substituents is 1. The van der Waals surface area contributed by atoms with E-state index in [0.717, 1.165) is 38.9 Å². The SMILES string of the molecule is C[C@@H]1CN2CCC[C@@H]2CN1C(=O)c1ccc(NC2CC2)c([N+](=O)[O-])c1. The zero-order valence-corrected chi connectivity index (χ0v) is 14.5. The minimum absolute atomic E-state index is 0.00935. The van der Waals surface area contributed by atoms with Crippen LogP contribution in [0.2, 0.25) is 0 Å². The molecule has 2 heterocycles. The molecule has 0 bridgehead atoms. The number of benzene rings is 1. The Balaban J connectivity index is 1.56. The van der Waals surface area contributed by atoms with Crippen LogP contribution in [0.4, 0.5) is 11.4 Å². The lowest BCUT2D eigenvalue weighted by molar-refractivity contribution is -0.384. The summed E-state index contributed by atoms with van der Waals surface area (Å²) in [5.74, 6) is -0.0971. The van der Waals surface area contributed by atoms with E-state index in [4.69, 9.17) is 0 Å². The fraction of sp³-hybridized carbons (Fsp3) is 0.611. The topological polar surface area (TPSA) is 78.7 Å². The molecule has 0 unspecified atom stereocenters. The van der Waals surface area contributed by atoms with Gasteiger partial charge in [0.2, 0.25) is 0 Å². The molecule has 25 heavy (non-hydrogen) atoms. The van der Waals surface area contributed by atoms with Crippen molar-refractivity contribution in [2.75, 3.05) is 25.0 Å². The van der Waals surface area contributed by atoms with Gasteiger partial charge in [0.25, 0.3) is 11.6 Å². The van der Waals surface area contributed by atoms with Gasteiger partial charge in [0.1, 0.15) is 5.69 Å². The Morgan fingerprint density at radius 1 is 1.28 bits per heavy atom. The fourth-order valence-electron chi connectivity index (χ4n) is 4.02. The molecule has 1 aromatic rings. The van der Waals surface area contributed by atoms with Crippen molar-refractivity contribution in [2.24, 2.45) is 0 Å². The van der Waals surface area contributed by atoms with Gasteiger partial charge in [-0.1, -0.05) is 0 Å². The van der Waals surface area contributed by atoms with Crippen LogP contribution >= 0.6 is 0 Å². The average Bonchev–Trinajstić information content (AvgIpc) is 3.29. The maximum atomic E-state index is 13.0. The zero-order valence-electron chi connectivity index (χ0n) is 14.5.